The monoisotopic (exact) mass is 388 g/mol. The molecule has 0 aliphatic heterocycles. The Morgan fingerprint density at radius 3 is 2.46 bits per heavy atom. The lowest BCUT2D eigenvalue weighted by molar-refractivity contribution is 0.253. The maximum Gasteiger partial charge on any atom is 0.329 e. The lowest BCUT2D eigenvalue weighted by Crippen LogP contribution is -2.41. The van der Waals surface area contributed by atoms with E-state index in [2.05, 4.69) is 22.5 Å². The van der Waals surface area contributed by atoms with Gasteiger partial charge in [0.25, 0.3) is 0 Å². The van der Waals surface area contributed by atoms with Gasteiger partial charge in [-0.2, -0.15) is 0 Å². The second-order valence-corrected chi connectivity index (χ2v) is 5.97. The molecule has 0 N–H and O–H groups in total. The molecule has 0 radical (unpaired) electrons. The SMILES string of the molecule is C=CCN(C(=O)N(C)c1ccccc1Br)c1ccc(OCC)cc1. The Balaban J connectivity index is 2.27. The van der Waals surface area contributed by atoms with E-state index in [-0.39, 0.29) is 6.03 Å². The van der Waals surface area contributed by atoms with E-state index >= 15 is 0 Å². The molecule has 0 saturated carbocycles. The van der Waals surface area contributed by atoms with Crippen molar-refractivity contribution >= 4 is 33.3 Å². The number of halogens is 1. The number of rotatable bonds is 6. The van der Waals surface area contributed by atoms with Gasteiger partial charge in [-0.1, -0.05) is 18.2 Å². The molecule has 0 atom stereocenters. The maximum atomic E-state index is 12.9. The van der Waals surface area contributed by atoms with E-state index in [1.165, 1.54) is 0 Å². The number of amides is 2. The first-order valence-corrected chi connectivity index (χ1v) is 8.51. The molecule has 2 amide bonds. The number of para-hydroxylation sites is 1. The van der Waals surface area contributed by atoms with Crippen molar-refractivity contribution in [3.63, 3.8) is 0 Å². The van der Waals surface area contributed by atoms with Gasteiger partial charge in [-0.25, -0.2) is 4.79 Å². The number of urea groups is 1. The van der Waals surface area contributed by atoms with Gasteiger partial charge in [0.15, 0.2) is 0 Å². The van der Waals surface area contributed by atoms with E-state index in [9.17, 15) is 4.79 Å². The number of hydrogen-bond acceptors (Lipinski definition) is 2. The third kappa shape index (κ3) is 4.17. The van der Waals surface area contributed by atoms with E-state index in [1.807, 2.05) is 55.5 Å². The summed E-state index contributed by atoms with van der Waals surface area (Å²) in [7, 11) is 1.76. The fourth-order valence-electron chi connectivity index (χ4n) is 2.32. The smallest absolute Gasteiger partial charge is 0.329 e. The lowest BCUT2D eigenvalue weighted by Gasteiger charge is -2.28. The highest BCUT2D eigenvalue weighted by atomic mass is 79.9. The molecular formula is C19H21BrN2O2. The minimum absolute atomic E-state index is 0.133. The predicted molar refractivity (Wildman–Crippen MR) is 103 cm³/mol. The van der Waals surface area contributed by atoms with E-state index in [1.54, 1.807) is 22.9 Å². The van der Waals surface area contributed by atoms with Crippen molar-refractivity contribution in [2.45, 2.75) is 6.92 Å². The zero-order valence-corrected chi connectivity index (χ0v) is 15.5. The van der Waals surface area contributed by atoms with Crippen molar-refractivity contribution in [2.24, 2.45) is 0 Å². The average Bonchev–Trinajstić information content (AvgIpc) is 2.60. The Labute approximate surface area is 151 Å². The molecule has 0 bridgehead atoms. The van der Waals surface area contributed by atoms with Gasteiger partial charge in [0.1, 0.15) is 5.75 Å². The van der Waals surface area contributed by atoms with Crippen molar-refractivity contribution in [1.29, 1.82) is 0 Å². The Bertz CT molecular complexity index is 701. The molecule has 0 aliphatic rings. The van der Waals surface area contributed by atoms with Crippen molar-refractivity contribution in [3.05, 3.63) is 65.7 Å². The second-order valence-electron chi connectivity index (χ2n) is 5.12. The Morgan fingerprint density at radius 1 is 1.21 bits per heavy atom. The molecule has 2 rings (SSSR count). The molecule has 0 fully saturated rings. The van der Waals surface area contributed by atoms with Gasteiger partial charge >= 0.3 is 6.03 Å². The number of nitrogens with zero attached hydrogens (tertiary/aromatic N) is 2. The number of hydrogen-bond donors (Lipinski definition) is 0. The minimum atomic E-state index is -0.133. The maximum absolute atomic E-state index is 12.9. The van der Waals surface area contributed by atoms with Crippen LogP contribution >= 0.6 is 15.9 Å². The summed E-state index contributed by atoms with van der Waals surface area (Å²) >= 11 is 3.49. The van der Waals surface area contributed by atoms with Crippen molar-refractivity contribution < 1.29 is 9.53 Å². The molecule has 0 aromatic heterocycles. The van der Waals surface area contributed by atoms with Crippen molar-refractivity contribution in [3.8, 4) is 5.75 Å². The minimum Gasteiger partial charge on any atom is -0.494 e. The highest BCUT2D eigenvalue weighted by molar-refractivity contribution is 9.10. The summed E-state index contributed by atoms with van der Waals surface area (Å²) in [5.41, 5.74) is 1.60. The van der Waals surface area contributed by atoms with Crippen LogP contribution in [0.4, 0.5) is 16.2 Å². The Kier molecular flexibility index (Phi) is 6.44. The van der Waals surface area contributed by atoms with Gasteiger partial charge in [0.05, 0.1) is 12.3 Å². The van der Waals surface area contributed by atoms with Crippen LogP contribution in [0.5, 0.6) is 5.75 Å². The molecule has 24 heavy (non-hydrogen) atoms. The Hall–Kier alpha value is -2.27. The first kappa shape index (κ1) is 18.1. The summed E-state index contributed by atoms with van der Waals surface area (Å²) < 4.78 is 6.32. The van der Waals surface area contributed by atoms with Gasteiger partial charge in [-0.05, 0) is 59.3 Å². The van der Waals surface area contributed by atoms with Crippen molar-refractivity contribution in [2.75, 3.05) is 30.0 Å². The Morgan fingerprint density at radius 2 is 1.88 bits per heavy atom. The lowest BCUT2D eigenvalue weighted by atomic mass is 10.2. The number of anilines is 2. The fourth-order valence-corrected chi connectivity index (χ4v) is 2.87. The molecule has 2 aromatic rings. The molecule has 0 unspecified atom stereocenters. The van der Waals surface area contributed by atoms with Crippen LogP contribution < -0.4 is 14.5 Å². The fraction of sp³-hybridized carbons (Fsp3) is 0.211. The van der Waals surface area contributed by atoms with Crippen LogP contribution in [-0.2, 0) is 0 Å². The molecular weight excluding hydrogens is 368 g/mol. The zero-order valence-electron chi connectivity index (χ0n) is 13.9. The van der Waals surface area contributed by atoms with Gasteiger partial charge in [-0.3, -0.25) is 9.80 Å². The molecule has 2 aromatic carbocycles. The average molecular weight is 389 g/mol. The third-order valence-electron chi connectivity index (χ3n) is 3.50. The van der Waals surface area contributed by atoms with Gasteiger partial charge in [-0.15, -0.1) is 6.58 Å². The van der Waals surface area contributed by atoms with Gasteiger partial charge in [0, 0.05) is 23.8 Å². The third-order valence-corrected chi connectivity index (χ3v) is 4.17. The normalized spacial score (nSPS) is 10.1. The van der Waals surface area contributed by atoms with Crippen LogP contribution in [0.1, 0.15) is 6.92 Å². The van der Waals surface area contributed by atoms with E-state index in [4.69, 9.17) is 4.74 Å². The van der Waals surface area contributed by atoms with E-state index in [0.29, 0.717) is 13.2 Å². The molecule has 0 saturated heterocycles. The van der Waals surface area contributed by atoms with Crippen LogP contribution in [0.3, 0.4) is 0 Å². The second kappa shape index (κ2) is 8.55. The molecule has 5 heteroatoms. The van der Waals surface area contributed by atoms with Gasteiger partial charge < -0.3 is 4.74 Å². The number of carbonyl (C=O) groups is 1. The highest BCUT2D eigenvalue weighted by Crippen LogP contribution is 2.27. The summed E-state index contributed by atoms with van der Waals surface area (Å²) in [6.45, 7) is 6.73. The van der Waals surface area contributed by atoms with Crippen LogP contribution in [-0.4, -0.2) is 26.2 Å². The topological polar surface area (TPSA) is 32.8 Å². The summed E-state index contributed by atoms with van der Waals surface area (Å²) in [6, 6.07) is 15.0. The molecule has 4 nitrogen and oxygen atoms in total. The first-order valence-electron chi connectivity index (χ1n) is 7.72. The number of benzene rings is 2. The largest absolute Gasteiger partial charge is 0.494 e. The molecule has 0 spiro atoms. The summed E-state index contributed by atoms with van der Waals surface area (Å²) in [6.07, 6.45) is 1.71. The van der Waals surface area contributed by atoms with Crippen LogP contribution in [0.25, 0.3) is 0 Å². The number of ether oxygens (including phenoxy) is 1. The summed E-state index contributed by atoms with van der Waals surface area (Å²) in [5, 5.41) is 0. The van der Waals surface area contributed by atoms with Crippen molar-refractivity contribution in [1.82, 2.24) is 0 Å². The van der Waals surface area contributed by atoms with Crippen LogP contribution in [0, 0.1) is 0 Å². The highest BCUT2D eigenvalue weighted by Gasteiger charge is 2.21. The first-order chi connectivity index (χ1) is 11.6. The summed E-state index contributed by atoms with van der Waals surface area (Å²) in [4.78, 5) is 16.2. The number of carbonyl (C=O) groups excluding carboxylic acids is 1. The van der Waals surface area contributed by atoms with E-state index < -0.39 is 0 Å². The zero-order chi connectivity index (χ0) is 17.5. The summed E-state index contributed by atoms with van der Waals surface area (Å²) in [5.74, 6) is 0.784. The standard InChI is InChI=1S/C19H21BrN2O2/c1-4-14-22(15-10-12-16(13-11-15)24-5-2)19(23)21(3)18-9-7-6-8-17(18)20/h4,6-13H,1,5,14H2,2-3H3. The molecule has 0 aliphatic carbocycles. The van der Waals surface area contributed by atoms with Crippen LogP contribution in [0.2, 0.25) is 0 Å². The van der Waals surface area contributed by atoms with E-state index in [0.717, 1.165) is 21.6 Å². The quantitative estimate of drug-likeness (QED) is 0.645. The van der Waals surface area contributed by atoms with Crippen LogP contribution in [0.15, 0.2) is 65.7 Å². The predicted octanol–water partition coefficient (Wildman–Crippen LogP) is 5.10. The molecule has 0 heterocycles. The van der Waals surface area contributed by atoms with Gasteiger partial charge in [0.2, 0.25) is 0 Å². The molecule has 126 valence electrons.